The van der Waals surface area contributed by atoms with E-state index >= 15 is 0 Å². The second-order valence-electron chi connectivity index (χ2n) is 8.89. The zero-order valence-corrected chi connectivity index (χ0v) is 24.9. The van der Waals surface area contributed by atoms with Crippen molar-refractivity contribution in [2.75, 3.05) is 38.1 Å². The number of imidazole rings is 1. The smallest absolute Gasteiger partial charge is 0.254 e. The normalized spacial score (nSPS) is 12.3. The molecule has 1 fully saturated rings. The maximum atomic E-state index is 14.9. The molecule has 1 aliphatic rings. The second-order valence-corrected chi connectivity index (χ2v) is 8.89. The minimum atomic E-state index is -1.19. The number of hydrogen-bond donors (Lipinski definition) is 1. The summed E-state index contributed by atoms with van der Waals surface area (Å²) in [5, 5.41) is 11.8. The maximum Gasteiger partial charge on any atom is 0.254 e. The summed E-state index contributed by atoms with van der Waals surface area (Å²) in [6, 6.07) is 9.65. The Labute approximate surface area is 249 Å². The van der Waals surface area contributed by atoms with Crippen LogP contribution in [0.3, 0.4) is 0 Å². The number of fused-ring (bicyclic) bond motifs is 1. The molecule has 2 aromatic heterocycles. The van der Waals surface area contributed by atoms with E-state index in [2.05, 4.69) is 15.3 Å². The summed E-state index contributed by atoms with van der Waals surface area (Å²) in [7, 11) is 0. The van der Waals surface area contributed by atoms with Crippen LogP contribution in [0.15, 0.2) is 48.9 Å². The molecule has 1 N–H and O–H groups in total. The first-order valence-corrected chi connectivity index (χ1v) is 14.1. The summed E-state index contributed by atoms with van der Waals surface area (Å²) in [6.45, 7) is 11.4. The number of nitrogens with zero attached hydrogens (tertiary/aromatic N) is 6. The van der Waals surface area contributed by atoms with Gasteiger partial charge in [0.05, 0.1) is 11.9 Å². The Morgan fingerprint density at radius 2 is 1.79 bits per heavy atom. The lowest BCUT2D eigenvalue weighted by atomic mass is 10.1. The number of halogens is 2. The van der Waals surface area contributed by atoms with Crippen LogP contribution in [0, 0.1) is 29.9 Å². The molecule has 0 bridgehead atoms. The van der Waals surface area contributed by atoms with Crippen LogP contribution >= 0.6 is 0 Å². The van der Waals surface area contributed by atoms with Crippen LogP contribution in [0.2, 0.25) is 0 Å². The second kappa shape index (κ2) is 15.3. The van der Waals surface area contributed by atoms with E-state index in [9.17, 15) is 18.4 Å². The summed E-state index contributed by atoms with van der Waals surface area (Å²) >= 11 is 0. The van der Waals surface area contributed by atoms with Crippen LogP contribution in [0.4, 0.5) is 20.3 Å². The van der Waals surface area contributed by atoms with Crippen molar-refractivity contribution < 1.29 is 23.1 Å². The highest BCUT2D eigenvalue weighted by atomic mass is 19.2. The summed E-state index contributed by atoms with van der Waals surface area (Å²) < 4.78 is 35.9. The molecule has 0 unspecified atom stereocenters. The molecule has 0 saturated carbocycles. The standard InChI is InChI=1S/C27H23F2N7O3.2C2H6/c1-17-14-18(2-3-19(17)27(38)35-11-9-34(16-37)10-12-35)33-25-26-32-15-21(36(26)8-7-31-25)20-4-5-22(39-13-6-30)24(29)23(20)28;2*1-2/h2-5,7-8,14-16H,9-13H2,1H3,(H,31,33);2*1-2H3. The predicted molar refractivity (Wildman–Crippen MR) is 160 cm³/mol. The Kier molecular flexibility index (Phi) is 11.5. The highest BCUT2D eigenvalue weighted by molar-refractivity contribution is 5.96. The molecule has 226 valence electrons. The molecule has 1 aliphatic heterocycles. The molecule has 10 nitrogen and oxygen atoms in total. The topological polar surface area (TPSA) is 116 Å². The zero-order chi connectivity index (χ0) is 31.5. The van der Waals surface area contributed by atoms with E-state index in [1.807, 2.05) is 40.7 Å². The summed E-state index contributed by atoms with van der Waals surface area (Å²) in [6.07, 6.45) is 5.29. The largest absolute Gasteiger partial charge is 0.476 e. The van der Waals surface area contributed by atoms with Gasteiger partial charge < -0.3 is 19.9 Å². The van der Waals surface area contributed by atoms with Crippen molar-refractivity contribution in [3.05, 3.63) is 71.7 Å². The van der Waals surface area contributed by atoms with Gasteiger partial charge in [0.2, 0.25) is 12.2 Å². The Morgan fingerprint density at radius 3 is 2.44 bits per heavy atom. The number of nitrogens with one attached hydrogen (secondary N) is 1. The van der Waals surface area contributed by atoms with Crippen LogP contribution in [-0.4, -0.2) is 69.3 Å². The number of rotatable bonds is 7. The van der Waals surface area contributed by atoms with Crippen molar-refractivity contribution in [2.24, 2.45) is 0 Å². The van der Waals surface area contributed by atoms with E-state index in [4.69, 9.17) is 10.00 Å². The van der Waals surface area contributed by atoms with E-state index in [1.54, 1.807) is 38.6 Å². The first kappa shape index (κ1) is 32.5. The van der Waals surface area contributed by atoms with Crippen LogP contribution < -0.4 is 10.1 Å². The van der Waals surface area contributed by atoms with Gasteiger partial charge >= 0.3 is 0 Å². The Balaban J connectivity index is 0.00000121. The molecule has 2 amide bonds. The lowest BCUT2D eigenvalue weighted by molar-refractivity contribution is -0.119. The van der Waals surface area contributed by atoms with Gasteiger partial charge in [-0.2, -0.15) is 9.65 Å². The fraction of sp³-hybridized carbons (Fsp3) is 0.323. The number of hydrogen-bond acceptors (Lipinski definition) is 7. The SMILES string of the molecule is CC.CC.Cc1cc(Nc2nccn3c(-c4ccc(OCC#N)c(F)c4F)cnc23)ccc1C(=O)N1CCN(C=O)CC1. The minimum Gasteiger partial charge on any atom is -0.476 e. The van der Waals surface area contributed by atoms with E-state index in [0.717, 1.165) is 12.0 Å². The number of piperazine rings is 1. The number of aryl methyl sites for hydroxylation is 1. The summed E-state index contributed by atoms with van der Waals surface area (Å²) in [5.41, 5.74) is 2.63. The maximum absolute atomic E-state index is 14.9. The third-order valence-corrected chi connectivity index (χ3v) is 6.51. The number of carbonyl (C=O) groups excluding carboxylic acids is 2. The molecule has 0 radical (unpaired) electrons. The van der Waals surface area contributed by atoms with E-state index in [-0.39, 0.29) is 17.2 Å². The summed E-state index contributed by atoms with van der Waals surface area (Å²) in [5.74, 6) is -2.39. The van der Waals surface area contributed by atoms with Crippen molar-refractivity contribution in [3.63, 3.8) is 0 Å². The molecule has 2 aromatic carbocycles. The highest BCUT2D eigenvalue weighted by Gasteiger charge is 2.23. The first-order valence-electron chi connectivity index (χ1n) is 14.1. The molecule has 1 saturated heterocycles. The monoisotopic (exact) mass is 591 g/mol. The highest BCUT2D eigenvalue weighted by Crippen LogP contribution is 2.32. The lowest BCUT2D eigenvalue weighted by Crippen LogP contribution is -2.48. The molecule has 0 atom stereocenters. The lowest BCUT2D eigenvalue weighted by Gasteiger charge is -2.32. The number of benzene rings is 2. The summed E-state index contributed by atoms with van der Waals surface area (Å²) in [4.78, 5) is 36.0. The molecule has 0 aliphatic carbocycles. The van der Waals surface area contributed by atoms with Crippen molar-refractivity contribution in [3.8, 4) is 23.1 Å². The molecule has 43 heavy (non-hydrogen) atoms. The molecular formula is C31H35F2N7O3. The van der Waals surface area contributed by atoms with Crippen molar-refractivity contribution >= 4 is 29.5 Å². The van der Waals surface area contributed by atoms with E-state index in [1.165, 1.54) is 24.5 Å². The van der Waals surface area contributed by atoms with Gasteiger partial charge in [0.15, 0.2) is 29.6 Å². The van der Waals surface area contributed by atoms with Gasteiger partial charge in [-0.1, -0.05) is 27.7 Å². The quantitative estimate of drug-likeness (QED) is 0.278. The average Bonchev–Trinajstić information content (AvgIpc) is 3.48. The average molecular weight is 592 g/mol. The number of ether oxygens (including phenoxy) is 1. The van der Waals surface area contributed by atoms with Crippen LogP contribution in [0.1, 0.15) is 43.6 Å². The third-order valence-electron chi connectivity index (χ3n) is 6.51. The molecule has 0 spiro atoms. The van der Waals surface area contributed by atoms with Crippen molar-refractivity contribution in [2.45, 2.75) is 34.6 Å². The van der Waals surface area contributed by atoms with Crippen molar-refractivity contribution in [1.82, 2.24) is 24.2 Å². The van der Waals surface area contributed by atoms with Gasteiger partial charge in [-0.15, -0.1) is 0 Å². The molecular weight excluding hydrogens is 556 g/mol. The predicted octanol–water partition coefficient (Wildman–Crippen LogP) is 5.60. The number of aromatic nitrogens is 3. The van der Waals surface area contributed by atoms with Crippen LogP contribution in [-0.2, 0) is 4.79 Å². The van der Waals surface area contributed by atoms with Gasteiger partial charge in [0.1, 0.15) is 6.07 Å². The zero-order valence-electron chi connectivity index (χ0n) is 24.9. The Bertz CT molecular complexity index is 1610. The van der Waals surface area contributed by atoms with Crippen LogP contribution in [0.25, 0.3) is 16.9 Å². The molecule has 12 heteroatoms. The third kappa shape index (κ3) is 7.06. The van der Waals surface area contributed by atoms with Crippen molar-refractivity contribution in [1.29, 1.82) is 5.26 Å². The Morgan fingerprint density at radius 1 is 1.07 bits per heavy atom. The van der Waals surface area contributed by atoms with Gasteiger partial charge in [0, 0.05) is 55.4 Å². The first-order chi connectivity index (χ1) is 20.9. The number of nitriles is 1. The number of amides is 2. The Hall–Kier alpha value is -5.05. The number of anilines is 2. The van der Waals surface area contributed by atoms with Gasteiger partial charge in [-0.25, -0.2) is 14.4 Å². The van der Waals surface area contributed by atoms with Gasteiger partial charge in [0.25, 0.3) is 5.91 Å². The molecule has 3 heterocycles. The van der Waals surface area contributed by atoms with Crippen LogP contribution in [0.5, 0.6) is 5.75 Å². The van der Waals surface area contributed by atoms with Gasteiger partial charge in [-0.05, 0) is 42.8 Å². The minimum absolute atomic E-state index is 0.0332. The fourth-order valence-electron chi connectivity index (χ4n) is 4.48. The van der Waals surface area contributed by atoms with Gasteiger partial charge in [-0.3, -0.25) is 14.0 Å². The molecule has 5 rings (SSSR count). The number of carbonyl (C=O) groups is 2. The fourth-order valence-corrected chi connectivity index (χ4v) is 4.48. The molecule has 4 aromatic rings. The van der Waals surface area contributed by atoms with E-state index < -0.39 is 18.2 Å². The van der Waals surface area contributed by atoms with E-state index in [0.29, 0.717) is 54.6 Å².